The molecule has 3 N–H and O–H groups in total. The van der Waals surface area contributed by atoms with E-state index in [0.29, 0.717) is 6.42 Å². The van der Waals surface area contributed by atoms with Crippen molar-refractivity contribution < 1.29 is 28.2 Å². The van der Waals surface area contributed by atoms with Crippen LogP contribution in [0.1, 0.15) is 20.3 Å². The largest absolute Gasteiger partial charge is 0.482 e. The van der Waals surface area contributed by atoms with Crippen LogP contribution in [0.15, 0.2) is 29.2 Å². The number of benzene rings is 1. The lowest BCUT2D eigenvalue weighted by atomic mass is 10.0. The molecule has 0 saturated carbocycles. The van der Waals surface area contributed by atoms with Gasteiger partial charge in [0.15, 0.2) is 6.61 Å². The third kappa shape index (κ3) is 5.00. The highest BCUT2D eigenvalue weighted by Gasteiger charge is 2.28. The fourth-order valence-electron chi connectivity index (χ4n) is 1.46. The summed E-state index contributed by atoms with van der Waals surface area (Å²) in [6, 6.07) is 5.37. The van der Waals surface area contributed by atoms with Gasteiger partial charge in [-0.05, 0) is 37.6 Å². The first kappa shape index (κ1) is 17.4. The van der Waals surface area contributed by atoms with Gasteiger partial charge in [-0.1, -0.05) is 6.92 Å². The fourth-order valence-corrected chi connectivity index (χ4v) is 2.93. The first-order valence-corrected chi connectivity index (χ1v) is 7.80. The molecule has 1 unspecified atom stereocenters. The number of carbonyl (C=O) groups is 1. The normalized spacial score (nSPS) is 14.4. The van der Waals surface area contributed by atoms with E-state index in [4.69, 9.17) is 9.84 Å². The molecule has 1 atom stereocenters. The van der Waals surface area contributed by atoms with Crippen LogP contribution < -0.4 is 9.46 Å². The molecule has 1 aromatic carbocycles. The number of aliphatic hydroxyl groups is 1. The van der Waals surface area contributed by atoms with E-state index in [2.05, 4.69) is 4.72 Å². The maximum Gasteiger partial charge on any atom is 0.341 e. The molecule has 8 heteroatoms. The van der Waals surface area contributed by atoms with Crippen LogP contribution in [0.25, 0.3) is 0 Å². The van der Waals surface area contributed by atoms with Crippen molar-refractivity contribution in [2.24, 2.45) is 0 Å². The second kappa shape index (κ2) is 6.88. The van der Waals surface area contributed by atoms with Crippen LogP contribution in [0.3, 0.4) is 0 Å². The van der Waals surface area contributed by atoms with Gasteiger partial charge in [0, 0.05) is 0 Å². The van der Waals surface area contributed by atoms with Gasteiger partial charge in [-0.3, -0.25) is 0 Å². The van der Waals surface area contributed by atoms with E-state index in [1.165, 1.54) is 24.3 Å². The molecule has 0 saturated heterocycles. The predicted molar refractivity (Wildman–Crippen MR) is 75.7 cm³/mol. The van der Waals surface area contributed by atoms with Gasteiger partial charge in [0.25, 0.3) is 0 Å². The van der Waals surface area contributed by atoms with E-state index in [0.717, 1.165) is 0 Å². The average molecular weight is 317 g/mol. The van der Waals surface area contributed by atoms with Crippen molar-refractivity contribution in [3.63, 3.8) is 0 Å². The molecule has 0 aromatic heterocycles. The fraction of sp³-hybridized carbons (Fsp3) is 0.462. The quantitative estimate of drug-likeness (QED) is 0.647. The Balaban J connectivity index is 2.87. The van der Waals surface area contributed by atoms with Crippen molar-refractivity contribution in [3.05, 3.63) is 24.3 Å². The van der Waals surface area contributed by atoms with E-state index in [9.17, 15) is 18.3 Å². The minimum Gasteiger partial charge on any atom is -0.482 e. The van der Waals surface area contributed by atoms with Gasteiger partial charge >= 0.3 is 5.97 Å². The predicted octanol–water partition coefficient (Wildman–Crippen LogP) is 0.589. The van der Waals surface area contributed by atoms with Crippen LogP contribution in [-0.4, -0.2) is 43.4 Å². The molecule has 1 aromatic rings. The molecule has 21 heavy (non-hydrogen) atoms. The van der Waals surface area contributed by atoms with Gasteiger partial charge in [0.2, 0.25) is 10.0 Å². The maximum absolute atomic E-state index is 12.2. The Kier molecular flexibility index (Phi) is 5.70. The number of carboxylic acid groups (broad SMARTS) is 1. The van der Waals surface area contributed by atoms with Gasteiger partial charge in [0.1, 0.15) is 5.75 Å². The average Bonchev–Trinajstić information content (AvgIpc) is 2.45. The number of ether oxygens (including phenoxy) is 1. The summed E-state index contributed by atoms with van der Waals surface area (Å²) in [5, 5.41) is 17.7. The Labute approximate surface area is 123 Å². The molecule has 0 amide bonds. The Bertz CT molecular complexity index is 577. The molecule has 0 aliphatic rings. The molecule has 118 valence electrons. The van der Waals surface area contributed by atoms with E-state index in [1.54, 1.807) is 13.8 Å². The summed E-state index contributed by atoms with van der Waals surface area (Å²) in [7, 11) is -3.77. The Morgan fingerprint density at radius 2 is 1.90 bits per heavy atom. The molecule has 0 fully saturated rings. The smallest absolute Gasteiger partial charge is 0.341 e. The summed E-state index contributed by atoms with van der Waals surface area (Å²) in [6.07, 6.45) is 0.433. The Hall–Kier alpha value is -1.64. The highest BCUT2D eigenvalue weighted by Crippen LogP contribution is 2.19. The zero-order valence-corrected chi connectivity index (χ0v) is 12.7. The lowest BCUT2D eigenvalue weighted by Gasteiger charge is -2.26. The van der Waals surface area contributed by atoms with Gasteiger partial charge in [0.05, 0.1) is 17.0 Å². The van der Waals surface area contributed by atoms with Crippen LogP contribution in [0, 0.1) is 0 Å². The highest BCUT2D eigenvalue weighted by atomic mass is 32.2. The summed E-state index contributed by atoms with van der Waals surface area (Å²) in [4.78, 5) is 10.4. The van der Waals surface area contributed by atoms with Crippen molar-refractivity contribution in [1.29, 1.82) is 0 Å². The van der Waals surface area contributed by atoms with Gasteiger partial charge < -0.3 is 14.9 Å². The topological polar surface area (TPSA) is 113 Å². The Morgan fingerprint density at radius 1 is 1.33 bits per heavy atom. The molecule has 0 radical (unpaired) electrons. The van der Waals surface area contributed by atoms with Crippen LogP contribution in [0.5, 0.6) is 5.75 Å². The number of nitrogens with one attached hydrogen (secondary N) is 1. The zero-order valence-electron chi connectivity index (χ0n) is 11.9. The standard InChI is InChI=1S/C13H19NO6S/c1-3-13(2,9-15)14-21(18,19)11-6-4-10(5-7-11)20-8-12(16)17/h4-7,14-15H,3,8-9H2,1-2H3,(H,16,17). The number of hydrogen-bond donors (Lipinski definition) is 3. The van der Waals surface area contributed by atoms with Crippen LogP contribution in [-0.2, 0) is 14.8 Å². The molecular weight excluding hydrogens is 298 g/mol. The number of hydrogen-bond acceptors (Lipinski definition) is 5. The molecular formula is C13H19NO6S. The maximum atomic E-state index is 12.2. The first-order valence-electron chi connectivity index (χ1n) is 6.32. The second-order valence-corrected chi connectivity index (χ2v) is 6.51. The van der Waals surface area contributed by atoms with E-state index >= 15 is 0 Å². The number of carboxylic acids is 1. The lowest BCUT2D eigenvalue weighted by molar-refractivity contribution is -0.139. The third-order valence-electron chi connectivity index (χ3n) is 3.01. The zero-order chi connectivity index (χ0) is 16.1. The van der Waals surface area contributed by atoms with Gasteiger partial charge in [-0.15, -0.1) is 0 Å². The first-order chi connectivity index (χ1) is 9.72. The highest BCUT2D eigenvalue weighted by molar-refractivity contribution is 7.89. The molecule has 0 aliphatic carbocycles. The minimum absolute atomic E-state index is 0.0123. The van der Waals surface area contributed by atoms with Crippen molar-refractivity contribution in [2.75, 3.05) is 13.2 Å². The third-order valence-corrected chi connectivity index (χ3v) is 4.66. The molecule has 0 heterocycles. The van der Waals surface area contributed by atoms with E-state index < -0.39 is 28.1 Å². The number of aliphatic carboxylic acids is 1. The lowest BCUT2D eigenvalue weighted by Crippen LogP contribution is -2.48. The van der Waals surface area contributed by atoms with Crippen molar-refractivity contribution in [3.8, 4) is 5.75 Å². The number of aliphatic hydroxyl groups excluding tert-OH is 1. The van der Waals surface area contributed by atoms with E-state index in [1.807, 2.05) is 0 Å². The summed E-state index contributed by atoms with van der Waals surface area (Å²) >= 11 is 0. The van der Waals surface area contributed by atoms with Crippen molar-refractivity contribution in [2.45, 2.75) is 30.7 Å². The monoisotopic (exact) mass is 317 g/mol. The molecule has 0 spiro atoms. The van der Waals surface area contributed by atoms with Crippen LogP contribution in [0.4, 0.5) is 0 Å². The molecule has 0 aliphatic heterocycles. The molecule has 1 rings (SSSR count). The SMILES string of the molecule is CCC(C)(CO)NS(=O)(=O)c1ccc(OCC(=O)O)cc1. The number of rotatable bonds is 8. The van der Waals surface area contributed by atoms with Crippen LogP contribution >= 0.6 is 0 Å². The Morgan fingerprint density at radius 3 is 2.33 bits per heavy atom. The van der Waals surface area contributed by atoms with Gasteiger partial charge in [-0.2, -0.15) is 0 Å². The van der Waals surface area contributed by atoms with Crippen LogP contribution in [0.2, 0.25) is 0 Å². The summed E-state index contributed by atoms with van der Waals surface area (Å²) in [5.41, 5.74) is -0.933. The van der Waals surface area contributed by atoms with E-state index in [-0.39, 0.29) is 17.3 Å². The van der Waals surface area contributed by atoms with Gasteiger partial charge in [-0.25, -0.2) is 17.9 Å². The summed E-state index contributed by atoms with van der Waals surface area (Å²) in [6.45, 7) is 2.56. The summed E-state index contributed by atoms with van der Waals surface area (Å²) in [5.74, 6) is -0.855. The van der Waals surface area contributed by atoms with Crippen molar-refractivity contribution in [1.82, 2.24) is 4.72 Å². The second-order valence-electron chi connectivity index (χ2n) is 4.83. The summed E-state index contributed by atoms with van der Waals surface area (Å²) < 4.78 is 31.7. The number of sulfonamides is 1. The van der Waals surface area contributed by atoms with Crippen molar-refractivity contribution >= 4 is 16.0 Å². The molecule has 0 bridgehead atoms. The minimum atomic E-state index is -3.77. The molecule has 7 nitrogen and oxygen atoms in total.